The third kappa shape index (κ3) is 2.41. The lowest BCUT2D eigenvalue weighted by molar-refractivity contribution is 0.0544. The summed E-state index contributed by atoms with van der Waals surface area (Å²) in [6.45, 7) is 6.97. The molecule has 0 spiro atoms. The van der Waals surface area contributed by atoms with Crippen molar-refractivity contribution in [2.75, 3.05) is 0 Å². The molecular weight excluding hydrogens is 249 g/mol. The average molecular weight is 265 g/mol. The van der Waals surface area contributed by atoms with Crippen molar-refractivity contribution in [3.8, 4) is 5.75 Å². The second kappa shape index (κ2) is 4.26. The topological polar surface area (TPSA) is 51.5 Å². The van der Waals surface area contributed by atoms with E-state index in [0.717, 1.165) is 0 Å². The molecule has 5 heteroatoms. The summed E-state index contributed by atoms with van der Waals surface area (Å²) < 4.78 is 20.0. The maximum atomic E-state index is 13.4. The molecule has 0 amide bonds. The fraction of sp³-hybridized carbons (Fsp3) is 0.357. The molecule has 2 aromatic rings. The van der Waals surface area contributed by atoms with Crippen molar-refractivity contribution in [1.29, 1.82) is 0 Å². The SMILES string of the molecule is Cc1cc(F)c(O)c2ccn(C(=O)OC(C)(C)C)c12. The van der Waals surface area contributed by atoms with Gasteiger partial charge >= 0.3 is 6.09 Å². The molecule has 0 saturated heterocycles. The van der Waals surface area contributed by atoms with Crippen LogP contribution in [0.4, 0.5) is 9.18 Å². The van der Waals surface area contributed by atoms with Crippen LogP contribution in [0.2, 0.25) is 0 Å². The number of aryl methyl sites for hydroxylation is 1. The number of phenols is 1. The van der Waals surface area contributed by atoms with Gasteiger partial charge in [0.1, 0.15) is 5.60 Å². The third-order valence-corrected chi connectivity index (χ3v) is 2.67. The number of nitrogens with zero attached hydrogens (tertiary/aromatic N) is 1. The Morgan fingerprint density at radius 1 is 1.42 bits per heavy atom. The van der Waals surface area contributed by atoms with Crippen LogP contribution in [0.3, 0.4) is 0 Å². The van der Waals surface area contributed by atoms with Crippen molar-refractivity contribution in [1.82, 2.24) is 4.57 Å². The highest BCUT2D eigenvalue weighted by atomic mass is 19.1. The maximum Gasteiger partial charge on any atom is 0.419 e. The number of aromatic hydroxyl groups is 1. The van der Waals surface area contributed by atoms with E-state index in [1.54, 1.807) is 27.7 Å². The second-order valence-electron chi connectivity index (χ2n) is 5.45. The molecule has 0 aliphatic heterocycles. The monoisotopic (exact) mass is 265 g/mol. The number of carbonyl (C=O) groups is 1. The Balaban J connectivity index is 2.58. The Bertz CT molecular complexity index is 653. The zero-order valence-electron chi connectivity index (χ0n) is 11.3. The molecule has 0 fully saturated rings. The van der Waals surface area contributed by atoms with E-state index in [2.05, 4.69) is 0 Å². The molecule has 0 aliphatic rings. The van der Waals surface area contributed by atoms with Gasteiger partial charge in [-0.05, 0) is 45.4 Å². The number of halogens is 1. The summed E-state index contributed by atoms with van der Waals surface area (Å²) in [5, 5.41) is 9.96. The Morgan fingerprint density at radius 2 is 2.05 bits per heavy atom. The van der Waals surface area contributed by atoms with E-state index >= 15 is 0 Å². The number of phenolic OH excluding ortho intramolecular Hbond substituents is 1. The molecule has 102 valence electrons. The molecule has 0 bridgehead atoms. The molecule has 0 unspecified atom stereocenters. The highest BCUT2D eigenvalue weighted by molar-refractivity contribution is 5.95. The summed E-state index contributed by atoms with van der Waals surface area (Å²) in [6, 6.07) is 2.68. The standard InChI is InChI=1S/C14H16FNO3/c1-8-7-10(15)12(17)9-5-6-16(11(8)9)13(18)19-14(2,3)4/h5-7,17H,1-4H3. The third-order valence-electron chi connectivity index (χ3n) is 2.67. The largest absolute Gasteiger partial charge is 0.504 e. The summed E-state index contributed by atoms with van der Waals surface area (Å²) in [7, 11) is 0. The zero-order valence-corrected chi connectivity index (χ0v) is 11.3. The molecule has 1 aromatic heterocycles. The van der Waals surface area contributed by atoms with Crippen LogP contribution in [0.25, 0.3) is 10.9 Å². The Labute approximate surface area is 110 Å². The molecule has 0 saturated carbocycles. The van der Waals surface area contributed by atoms with Crippen LogP contribution in [0, 0.1) is 12.7 Å². The van der Waals surface area contributed by atoms with Gasteiger partial charge in [-0.1, -0.05) is 0 Å². The van der Waals surface area contributed by atoms with Crippen LogP contribution in [-0.4, -0.2) is 21.4 Å². The fourth-order valence-corrected chi connectivity index (χ4v) is 1.94. The first kappa shape index (κ1) is 13.4. The molecule has 1 aromatic carbocycles. The van der Waals surface area contributed by atoms with Crippen molar-refractivity contribution in [2.45, 2.75) is 33.3 Å². The predicted octanol–water partition coefficient (Wildman–Crippen LogP) is 3.58. The Morgan fingerprint density at radius 3 is 2.63 bits per heavy atom. The van der Waals surface area contributed by atoms with Crippen LogP contribution >= 0.6 is 0 Å². The Hall–Kier alpha value is -2.04. The van der Waals surface area contributed by atoms with Crippen LogP contribution in [0.15, 0.2) is 18.3 Å². The first-order chi connectivity index (χ1) is 8.70. The molecule has 1 heterocycles. The molecule has 0 radical (unpaired) electrons. The molecular formula is C14H16FNO3. The van der Waals surface area contributed by atoms with Crippen molar-refractivity contribution >= 4 is 17.0 Å². The maximum absolute atomic E-state index is 13.4. The summed E-state index contributed by atoms with van der Waals surface area (Å²) >= 11 is 0. The van der Waals surface area contributed by atoms with Crippen LogP contribution in [-0.2, 0) is 4.74 Å². The lowest BCUT2D eigenvalue weighted by atomic mass is 10.1. The van der Waals surface area contributed by atoms with Gasteiger partial charge in [0, 0.05) is 11.6 Å². The first-order valence-corrected chi connectivity index (χ1v) is 5.93. The van der Waals surface area contributed by atoms with Crippen molar-refractivity contribution in [3.05, 3.63) is 29.7 Å². The molecule has 1 N–H and O–H groups in total. The van der Waals surface area contributed by atoms with E-state index in [4.69, 9.17) is 4.74 Å². The van der Waals surface area contributed by atoms with Gasteiger partial charge in [-0.25, -0.2) is 9.18 Å². The Kier molecular flexibility index (Phi) is 3.00. The van der Waals surface area contributed by atoms with Crippen molar-refractivity contribution < 1.29 is 19.0 Å². The highest BCUT2D eigenvalue weighted by Crippen LogP contribution is 2.31. The number of carbonyl (C=O) groups excluding carboxylic acids is 1. The number of hydrogen-bond acceptors (Lipinski definition) is 3. The molecule has 2 rings (SSSR count). The first-order valence-electron chi connectivity index (χ1n) is 5.93. The minimum atomic E-state index is -0.702. The minimum absolute atomic E-state index is 0.295. The van der Waals surface area contributed by atoms with Gasteiger partial charge < -0.3 is 9.84 Å². The lowest BCUT2D eigenvalue weighted by Gasteiger charge is -2.20. The fourth-order valence-electron chi connectivity index (χ4n) is 1.94. The van der Waals surface area contributed by atoms with Crippen LogP contribution in [0.5, 0.6) is 5.75 Å². The minimum Gasteiger partial charge on any atom is -0.504 e. The number of hydrogen-bond donors (Lipinski definition) is 1. The molecule has 4 nitrogen and oxygen atoms in total. The summed E-state index contributed by atoms with van der Waals surface area (Å²) in [5.74, 6) is -1.16. The summed E-state index contributed by atoms with van der Waals surface area (Å²) in [6.07, 6.45) is 0.904. The quantitative estimate of drug-likeness (QED) is 0.792. The van der Waals surface area contributed by atoms with Gasteiger partial charge in [-0.3, -0.25) is 4.57 Å². The number of aromatic nitrogens is 1. The smallest absolute Gasteiger partial charge is 0.419 e. The van der Waals surface area contributed by atoms with Gasteiger partial charge in [-0.2, -0.15) is 0 Å². The van der Waals surface area contributed by atoms with E-state index < -0.39 is 23.3 Å². The molecule has 0 aliphatic carbocycles. The summed E-state index contributed by atoms with van der Waals surface area (Å²) in [4.78, 5) is 12.0. The number of rotatable bonds is 0. The van der Waals surface area contributed by atoms with E-state index in [-0.39, 0.29) is 0 Å². The average Bonchev–Trinajstić information content (AvgIpc) is 2.68. The van der Waals surface area contributed by atoms with E-state index in [1.165, 1.54) is 22.9 Å². The van der Waals surface area contributed by atoms with Crippen LogP contribution < -0.4 is 0 Å². The van der Waals surface area contributed by atoms with Gasteiger partial charge in [0.15, 0.2) is 11.6 Å². The number of ether oxygens (including phenoxy) is 1. The highest BCUT2D eigenvalue weighted by Gasteiger charge is 2.21. The number of benzene rings is 1. The van der Waals surface area contributed by atoms with Crippen molar-refractivity contribution in [3.63, 3.8) is 0 Å². The van der Waals surface area contributed by atoms with Gasteiger partial charge in [0.05, 0.1) is 5.52 Å². The number of fused-ring (bicyclic) bond motifs is 1. The second-order valence-corrected chi connectivity index (χ2v) is 5.45. The molecule has 0 atom stereocenters. The molecule has 19 heavy (non-hydrogen) atoms. The van der Waals surface area contributed by atoms with E-state index in [1.807, 2.05) is 0 Å². The van der Waals surface area contributed by atoms with Gasteiger partial charge in [0.2, 0.25) is 0 Å². The predicted molar refractivity (Wildman–Crippen MR) is 69.9 cm³/mol. The summed E-state index contributed by atoms with van der Waals surface area (Å²) in [5.41, 5.74) is 0.387. The van der Waals surface area contributed by atoms with E-state index in [9.17, 15) is 14.3 Å². The normalized spacial score (nSPS) is 11.8. The lowest BCUT2D eigenvalue weighted by Crippen LogP contribution is -2.26. The van der Waals surface area contributed by atoms with Crippen molar-refractivity contribution in [2.24, 2.45) is 0 Å². The zero-order chi connectivity index (χ0) is 14.4. The van der Waals surface area contributed by atoms with E-state index in [0.29, 0.717) is 16.5 Å². The van der Waals surface area contributed by atoms with Crippen LogP contribution in [0.1, 0.15) is 26.3 Å². The van der Waals surface area contributed by atoms with Gasteiger partial charge in [-0.15, -0.1) is 0 Å². The van der Waals surface area contributed by atoms with Gasteiger partial charge in [0.25, 0.3) is 0 Å².